The number of aromatic nitrogens is 1. The molecule has 0 saturated heterocycles. The van der Waals surface area contributed by atoms with Crippen LogP contribution in [0, 0.1) is 6.20 Å². The molecule has 1 nitrogen and oxygen atoms in total. The quantitative estimate of drug-likeness (QED) is 0.630. The summed E-state index contributed by atoms with van der Waals surface area (Å²) in [6.07, 6.45) is 4.94. The average Bonchev–Trinajstić information content (AvgIpc) is 2.57. The SMILES string of the molecule is Clc1ccccc1-n1[c]ccc1. The summed E-state index contributed by atoms with van der Waals surface area (Å²) in [6, 6.07) is 11.5. The molecule has 0 aliphatic carbocycles. The lowest BCUT2D eigenvalue weighted by molar-refractivity contribution is 1.07. The van der Waals surface area contributed by atoms with Crippen molar-refractivity contribution in [3.63, 3.8) is 0 Å². The molecule has 1 heterocycles. The number of nitrogens with zero attached hydrogens (tertiary/aromatic N) is 1. The third-order valence-electron chi connectivity index (χ3n) is 1.66. The minimum atomic E-state index is 0.741. The van der Waals surface area contributed by atoms with Gasteiger partial charge in [0.25, 0.3) is 0 Å². The monoisotopic (exact) mass is 176 g/mol. The Kier molecular flexibility index (Phi) is 1.88. The standard InChI is InChI=1S/C10H7ClN/c11-9-5-1-2-6-10(9)12-7-3-4-8-12/h1-7H. The molecule has 12 heavy (non-hydrogen) atoms. The van der Waals surface area contributed by atoms with Crippen molar-refractivity contribution in [3.8, 4) is 5.69 Å². The van der Waals surface area contributed by atoms with Gasteiger partial charge < -0.3 is 4.57 Å². The van der Waals surface area contributed by atoms with E-state index in [9.17, 15) is 0 Å². The molecular formula is C10H7ClN. The minimum Gasteiger partial charge on any atom is -0.314 e. The number of para-hydroxylation sites is 1. The van der Waals surface area contributed by atoms with Gasteiger partial charge in [-0.15, -0.1) is 0 Å². The number of hydrogen-bond donors (Lipinski definition) is 0. The van der Waals surface area contributed by atoms with Gasteiger partial charge in [-0.25, -0.2) is 0 Å². The first-order valence-electron chi connectivity index (χ1n) is 3.68. The van der Waals surface area contributed by atoms with E-state index in [1.165, 1.54) is 0 Å². The maximum absolute atomic E-state index is 5.97. The second kappa shape index (κ2) is 3.03. The molecule has 0 aliphatic heterocycles. The Labute approximate surface area is 76.2 Å². The molecule has 0 atom stereocenters. The van der Waals surface area contributed by atoms with Crippen LogP contribution in [0.1, 0.15) is 0 Å². The van der Waals surface area contributed by atoms with Crippen LogP contribution < -0.4 is 0 Å². The Morgan fingerprint density at radius 1 is 1.17 bits per heavy atom. The van der Waals surface area contributed by atoms with Crippen molar-refractivity contribution in [1.29, 1.82) is 0 Å². The van der Waals surface area contributed by atoms with Crippen LogP contribution in [0.15, 0.2) is 42.6 Å². The third kappa shape index (κ3) is 1.23. The molecule has 2 aromatic rings. The molecule has 0 spiro atoms. The van der Waals surface area contributed by atoms with E-state index in [0.29, 0.717) is 0 Å². The predicted molar refractivity (Wildman–Crippen MR) is 49.6 cm³/mol. The van der Waals surface area contributed by atoms with Gasteiger partial charge in [-0.2, -0.15) is 0 Å². The van der Waals surface area contributed by atoms with Gasteiger partial charge in [0.05, 0.1) is 16.9 Å². The van der Waals surface area contributed by atoms with Crippen LogP contribution >= 0.6 is 11.6 Å². The van der Waals surface area contributed by atoms with Gasteiger partial charge in [-0.1, -0.05) is 23.7 Å². The zero-order valence-corrected chi connectivity index (χ0v) is 7.12. The third-order valence-corrected chi connectivity index (χ3v) is 1.98. The van der Waals surface area contributed by atoms with Crippen molar-refractivity contribution < 1.29 is 0 Å². The molecule has 2 rings (SSSR count). The highest BCUT2D eigenvalue weighted by atomic mass is 35.5. The van der Waals surface area contributed by atoms with Gasteiger partial charge in [0, 0.05) is 6.20 Å². The van der Waals surface area contributed by atoms with Crippen molar-refractivity contribution >= 4 is 11.6 Å². The van der Waals surface area contributed by atoms with Crippen LogP contribution in [0.5, 0.6) is 0 Å². The molecule has 0 N–H and O–H groups in total. The van der Waals surface area contributed by atoms with Gasteiger partial charge in [-0.3, -0.25) is 0 Å². The van der Waals surface area contributed by atoms with E-state index < -0.39 is 0 Å². The molecule has 0 unspecified atom stereocenters. The molecule has 0 amide bonds. The maximum Gasteiger partial charge on any atom is 0.0697 e. The summed E-state index contributed by atoms with van der Waals surface area (Å²) in [5, 5.41) is 0.741. The fourth-order valence-corrected chi connectivity index (χ4v) is 1.32. The molecule has 1 aromatic heterocycles. The van der Waals surface area contributed by atoms with Crippen molar-refractivity contribution in [2.75, 3.05) is 0 Å². The second-order valence-corrected chi connectivity index (χ2v) is 2.87. The van der Waals surface area contributed by atoms with Crippen molar-refractivity contribution in [2.45, 2.75) is 0 Å². The summed E-state index contributed by atoms with van der Waals surface area (Å²) in [4.78, 5) is 0. The van der Waals surface area contributed by atoms with Crippen LogP contribution in [0.3, 0.4) is 0 Å². The molecule has 59 valence electrons. The van der Waals surface area contributed by atoms with Crippen LogP contribution in [0.2, 0.25) is 5.02 Å². The fourth-order valence-electron chi connectivity index (χ4n) is 1.09. The van der Waals surface area contributed by atoms with Crippen LogP contribution in [0.25, 0.3) is 5.69 Å². The van der Waals surface area contributed by atoms with Crippen molar-refractivity contribution in [3.05, 3.63) is 53.8 Å². The summed E-state index contributed by atoms with van der Waals surface area (Å²) in [5.41, 5.74) is 0.962. The highest BCUT2D eigenvalue weighted by Crippen LogP contribution is 2.18. The van der Waals surface area contributed by atoms with E-state index >= 15 is 0 Å². The number of hydrogen-bond acceptors (Lipinski definition) is 0. The first-order valence-corrected chi connectivity index (χ1v) is 4.06. The van der Waals surface area contributed by atoms with E-state index in [1.54, 1.807) is 0 Å². The Hall–Kier alpha value is -1.21. The zero-order chi connectivity index (χ0) is 8.39. The smallest absolute Gasteiger partial charge is 0.0697 e. The summed E-state index contributed by atoms with van der Waals surface area (Å²) in [6.45, 7) is 0. The van der Waals surface area contributed by atoms with E-state index in [2.05, 4.69) is 6.20 Å². The Morgan fingerprint density at radius 2 is 2.00 bits per heavy atom. The van der Waals surface area contributed by atoms with Gasteiger partial charge >= 0.3 is 0 Å². The average molecular weight is 177 g/mol. The highest BCUT2D eigenvalue weighted by molar-refractivity contribution is 6.32. The topological polar surface area (TPSA) is 4.93 Å². The second-order valence-electron chi connectivity index (χ2n) is 2.46. The van der Waals surface area contributed by atoms with Gasteiger partial charge in [0.2, 0.25) is 0 Å². The molecule has 0 aliphatic rings. The summed E-state index contributed by atoms with van der Waals surface area (Å²) in [5.74, 6) is 0. The summed E-state index contributed by atoms with van der Waals surface area (Å²) >= 11 is 5.97. The van der Waals surface area contributed by atoms with Gasteiger partial charge in [0.15, 0.2) is 0 Å². The molecular weight excluding hydrogens is 170 g/mol. The maximum atomic E-state index is 5.97. The highest BCUT2D eigenvalue weighted by Gasteiger charge is 1.98. The normalized spacial score (nSPS) is 10.1. The van der Waals surface area contributed by atoms with E-state index in [0.717, 1.165) is 10.7 Å². The van der Waals surface area contributed by atoms with Gasteiger partial charge in [0.1, 0.15) is 0 Å². The molecule has 1 radical (unpaired) electrons. The van der Waals surface area contributed by atoms with Crippen LogP contribution in [-0.4, -0.2) is 4.57 Å². The Bertz CT molecular complexity index is 365. The van der Waals surface area contributed by atoms with Gasteiger partial charge in [-0.05, 0) is 24.3 Å². The molecule has 0 saturated carbocycles. The lowest BCUT2D eigenvalue weighted by atomic mass is 10.3. The summed E-state index contributed by atoms with van der Waals surface area (Å²) < 4.78 is 1.86. The molecule has 0 bridgehead atoms. The fraction of sp³-hybridized carbons (Fsp3) is 0. The summed E-state index contributed by atoms with van der Waals surface area (Å²) in [7, 11) is 0. The number of halogens is 1. The number of benzene rings is 1. The first-order chi connectivity index (χ1) is 5.88. The lowest BCUT2D eigenvalue weighted by Gasteiger charge is -2.03. The molecule has 1 aromatic carbocycles. The van der Waals surface area contributed by atoms with E-state index in [-0.39, 0.29) is 0 Å². The molecule has 0 fully saturated rings. The largest absolute Gasteiger partial charge is 0.314 e. The van der Waals surface area contributed by atoms with E-state index in [4.69, 9.17) is 11.6 Å². The number of rotatable bonds is 1. The lowest BCUT2D eigenvalue weighted by Crippen LogP contribution is -1.89. The molecule has 2 heteroatoms. The predicted octanol–water partition coefficient (Wildman–Crippen LogP) is 2.93. The minimum absolute atomic E-state index is 0.741. The van der Waals surface area contributed by atoms with Crippen molar-refractivity contribution in [1.82, 2.24) is 4.57 Å². The Balaban J connectivity index is 2.55. The van der Waals surface area contributed by atoms with Crippen molar-refractivity contribution in [2.24, 2.45) is 0 Å². The van der Waals surface area contributed by atoms with E-state index in [1.807, 2.05) is 47.2 Å². The Morgan fingerprint density at radius 3 is 2.67 bits per heavy atom. The first kappa shape index (κ1) is 7.44. The van der Waals surface area contributed by atoms with Crippen LogP contribution in [-0.2, 0) is 0 Å². The van der Waals surface area contributed by atoms with Crippen LogP contribution in [0.4, 0.5) is 0 Å². The zero-order valence-electron chi connectivity index (χ0n) is 6.37.